The van der Waals surface area contributed by atoms with Crippen molar-refractivity contribution in [2.24, 2.45) is 0 Å². The first-order valence-electron chi connectivity index (χ1n) is 10.4. The monoisotopic (exact) mass is 407 g/mol. The van der Waals surface area contributed by atoms with E-state index >= 15 is 0 Å². The standard InChI is InChI=1S/C23H29N5O2/c1-15-12-17(9-11-28(15)14-16-4-6-18(30-3)7-5-16)27-21-19-8-10-25-22(19)26-13-20(21)23(29)24-2/h4-8,10,13,15,17H,9,11-12,14H2,1-3H3,(H,24,29)(H2,25,26,27)/t15-,17-/m1/s1. The van der Waals surface area contributed by atoms with E-state index in [1.165, 1.54) is 5.56 Å². The number of rotatable bonds is 6. The fourth-order valence-corrected chi connectivity index (χ4v) is 4.23. The Labute approximate surface area is 176 Å². The molecule has 3 aromatic rings. The summed E-state index contributed by atoms with van der Waals surface area (Å²) in [7, 11) is 3.33. The predicted molar refractivity (Wildman–Crippen MR) is 119 cm³/mol. The molecule has 0 saturated carbocycles. The number of aromatic amines is 1. The van der Waals surface area contributed by atoms with Crippen molar-refractivity contribution in [3.05, 3.63) is 53.9 Å². The van der Waals surface area contributed by atoms with Crippen molar-refractivity contribution in [3.63, 3.8) is 0 Å². The van der Waals surface area contributed by atoms with Crippen molar-refractivity contribution in [1.29, 1.82) is 0 Å². The molecule has 1 aliphatic rings. The van der Waals surface area contributed by atoms with E-state index in [9.17, 15) is 4.79 Å². The van der Waals surface area contributed by atoms with Gasteiger partial charge in [0.25, 0.3) is 5.91 Å². The molecule has 0 aliphatic carbocycles. The number of carbonyl (C=O) groups excluding carboxylic acids is 1. The molecule has 7 heteroatoms. The molecular weight excluding hydrogens is 378 g/mol. The number of aromatic nitrogens is 2. The first kappa shape index (κ1) is 20.2. The third-order valence-electron chi connectivity index (χ3n) is 5.97. The summed E-state index contributed by atoms with van der Waals surface area (Å²) in [5.41, 5.74) is 3.52. The lowest BCUT2D eigenvalue weighted by atomic mass is 9.96. The average molecular weight is 408 g/mol. The molecule has 4 rings (SSSR count). The number of nitrogens with zero attached hydrogens (tertiary/aromatic N) is 2. The van der Waals surface area contributed by atoms with Gasteiger partial charge in [0.15, 0.2) is 0 Å². The minimum absolute atomic E-state index is 0.127. The molecule has 0 radical (unpaired) electrons. The molecule has 2 atom stereocenters. The molecule has 1 aromatic carbocycles. The van der Waals surface area contributed by atoms with E-state index < -0.39 is 0 Å². The fraction of sp³-hybridized carbons (Fsp3) is 0.391. The maximum absolute atomic E-state index is 12.4. The summed E-state index contributed by atoms with van der Waals surface area (Å²) in [6, 6.07) is 11.0. The number of pyridine rings is 1. The van der Waals surface area contributed by atoms with Crippen LogP contribution < -0.4 is 15.4 Å². The summed E-state index contributed by atoms with van der Waals surface area (Å²) in [4.78, 5) is 22.4. The molecule has 7 nitrogen and oxygen atoms in total. The summed E-state index contributed by atoms with van der Waals surface area (Å²) in [5.74, 6) is 0.758. The van der Waals surface area contributed by atoms with Gasteiger partial charge in [-0.05, 0) is 43.5 Å². The van der Waals surface area contributed by atoms with Gasteiger partial charge in [-0.25, -0.2) is 4.98 Å². The van der Waals surface area contributed by atoms with Crippen LogP contribution in [0.5, 0.6) is 5.75 Å². The number of likely N-dealkylation sites (tertiary alicyclic amines) is 1. The van der Waals surface area contributed by atoms with Crippen LogP contribution in [0.2, 0.25) is 0 Å². The minimum Gasteiger partial charge on any atom is -0.497 e. The summed E-state index contributed by atoms with van der Waals surface area (Å²) < 4.78 is 5.25. The number of anilines is 1. The second-order valence-corrected chi connectivity index (χ2v) is 7.90. The fourth-order valence-electron chi connectivity index (χ4n) is 4.23. The van der Waals surface area contributed by atoms with Crippen LogP contribution in [0.15, 0.2) is 42.7 Å². The zero-order valence-corrected chi connectivity index (χ0v) is 17.7. The highest BCUT2D eigenvalue weighted by molar-refractivity contribution is 6.06. The number of methoxy groups -OCH3 is 1. The van der Waals surface area contributed by atoms with Crippen LogP contribution in [0.25, 0.3) is 11.0 Å². The third kappa shape index (κ3) is 4.11. The molecule has 30 heavy (non-hydrogen) atoms. The Kier molecular flexibility index (Phi) is 5.90. The summed E-state index contributed by atoms with van der Waals surface area (Å²) >= 11 is 0. The number of fused-ring (bicyclic) bond motifs is 1. The molecule has 3 N–H and O–H groups in total. The molecule has 3 heterocycles. The zero-order valence-electron chi connectivity index (χ0n) is 17.7. The molecule has 1 amide bonds. The number of amides is 1. The number of ether oxygens (including phenoxy) is 1. The minimum atomic E-state index is -0.127. The summed E-state index contributed by atoms with van der Waals surface area (Å²) in [6.45, 7) is 4.20. The maximum Gasteiger partial charge on any atom is 0.254 e. The second-order valence-electron chi connectivity index (χ2n) is 7.90. The number of nitrogens with one attached hydrogen (secondary N) is 3. The van der Waals surface area contributed by atoms with E-state index in [1.807, 2.05) is 24.4 Å². The lowest BCUT2D eigenvalue weighted by molar-refractivity contribution is 0.0963. The molecule has 0 unspecified atom stereocenters. The normalized spacial score (nSPS) is 19.6. The van der Waals surface area contributed by atoms with Gasteiger partial charge >= 0.3 is 0 Å². The highest BCUT2D eigenvalue weighted by Gasteiger charge is 2.27. The SMILES string of the molecule is CNC(=O)c1cnc2[nH]ccc2c1N[C@@H]1CCN(Cc2ccc(OC)cc2)[C@H](C)C1. The number of carbonyl (C=O) groups is 1. The van der Waals surface area contributed by atoms with Crippen LogP contribution in [-0.2, 0) is 6.54 Å². The molecule has 0 spiro atoms. The van der Waals surface area contributed by atoms with Crippen molar-refractivity contribution in [1.82, 2.24) is 20.2 Å². The van der Waals surface area contributed by atoms with Crippen molar-refractivity contribution >= 4 is 22.6 Å². The molecule has 0 bridgehead atoms. The smallest absolute Gasteiger partial charge is 0.254 e. The lowest BCUT2D eigenvalue weighted by Gasteiger charge is -2.38. The van der Waals surface area contributed by atoms with Crippen molar-refractivity contribution in [2.75, 3.05) is 26.0 Å². The van der Waals surface area contributed by atoms with Gasteiger partial charge in [0, 0.05) is 50.0 Å². The molecule has 1 aliphatic heterocycles. The van der Waals surface area contributed by atoms with Crippen molar-refractivity contribution in [3.8, 4) is 5.75 Å². The topological polar surface area (TPSA) is 82.3 Å². The highest BCUT2D eigenvalue weighted by Crippen LogP contribution is 2.29. The van der Waals surface area contributed by atoms with E-state index in [1.54, 1.807) is 20.4 Å². The van der Waals surface area contributed by atoms with Gasteiger partial charge in [0.2, 0.25) is 0 Å². The van der Waals surface area contributed by atoms with Crippen LogP contribution in [0.3, 0.4) is 0 Å². The van der Waals surface area contributed by atoms with Gasteiger partial charge in [-0.15, -0.1) is 0 Å². The van der Waals surface area contributed by atoms with E-state index in [4.69, 9.17) is 4.74 Å². The summed E-state index contributed by atoms with van der Waals surface area (Å²) in [5, 5.41) is 7.33. The van der Waals surface area contributed by atoms with Crippen LogP contribution in [0.4, 0.5) is 5.69 Å². The Morgan fingerprint density at radius 1 is 1.30 bits per heavy atom. The van der Waals surface area contributed by atoms with Gasteiger partial charge in [-0.2, -0.15) is 0 Å². The first-order valence-corrected chi connectivity index (χ1v) is 10.4. The number of hydrogen-bond donors (Lipinski definition) is 3. The Bertz CT molecular complexity index is 1010. The Morgan fingerprint density at radius 2 is 2.10 bits per heavy atom. The van der Waals surface area contributed by atoms with E-state index in [0.29, 0.717) is 17.6 Å². The first-order chi connectivity index (χ1) is 14.6. The number of piperidine rings is 1. The maximum atomic E-state index is 12.4. The molecular formula is C23H29N5O2. The quantitative estimate of drug-likeness (QED) is 0.583. The predicted octanol–water partition coefficient (Wildman–Crippen LogP) is 3.40. The van der Waals surface area contributed by atoms with Crippen LogP contribution in [-0.4, -0.2) is 53.6 Å². The number of benzene rings is 1. The van der Waals surface area contributed by atoms with Crippen LogP contribution in [0, 0.1) is 0 Å². The number of H-pyrrole nitrogens is 1. The molecule has 1 saturated heterocycles. The van der Waals surface area contributed by atoms with E-state index in [0.717, 1.165) is 48.4 Å². The zero-order chi connectivity index (χ0) is 21.1. The molecule has 2 aromatic heterocycles. The van der Waals surface area contributed by atoms with Gasteiger partial charge in [0.05, 0.1) is 18.4 Å². The Balaban J connectivity index is 1.46. The van der Waals surface area contributed by atoms with Gasteiger partial charge < -0.3 is 20.4 Å². The van der Waals surface area contributed by atoms with Crippen molar-refractivity contribution in [2.45, 2.75) is 38.4 Å². The van der Waals surface area contributed by atoms with Crippen molar-refractivity contribution < 1.29 is 9.53 Å². The lowest BCUT2D eigenvalue weighted by Crippen LogP contribution is -2.44. The second kappa shape index (κ2) is 8.75. The number of hydrogen-bond acceptors (Lipinski definition) is 5. The van der Waals surface area contributed by atoms with Gasteiger partial charge in [-0.3, -0.25) is 9.69 Å². The summed E-state index contributed by atoms with van der Waals surface area (Å²) in [6.07, 6.45) is 5.53. The largest absolute Gasteiger partial charge is 0.497 e. The Morgan fingerprint density at radius 3 is 2.80 bits per heavy atom. The van der Waals surface area contributed by atoms with E-state index in [2.05, 4.69) is 44.6 Å². The highest BCUT2D eigenvalue weighted by atomic mass is 16.5. The Hall–Kier alpha value is -3.06. The molecule has 1 fully saturated rings. The van der Waals surface area contributed by atoms with Crippen LogP contribution >= 0.6 is 0 Å². The third-order valence-corrected chi connectivity index (χ3v) is 5.97. The van der Waals surface area contributed by atoms with Crippen LogP contribution in [0.1, 0.15) is 35.7 Å². The van der Waals surface area contributed by atoms with Gasteiger partial charge in [0.1, 0.15) is 11.4 Å². The average Bonchev–Trinajstić information content (AvgIpc) is 3.25. The van der Waals surface area contributed by atoms with E-state index in [-0.39, 0.29) is 5.91 Å². The molecule has 158 valence electrons. The van der Waals surface area contributed by atoms with Gasteiger partial charge in [-0.1, -0.05) is 12.1 Å².